The summed E-state index contributed by atoms with van der Waals surface area (Å²) in [5, 5.41) is 0. The van der Waals surface area contributed by atoms with Crippen LogP contribution in [0.2, 0.25) is 0 Å². The summed E-state index contributed by atoms with van der Waals surface area (Å²) < 4.78 is 24.3. The first-order valence-electron chi connectivity index (χ1n) is 4.01. The van der Waals surface area contributed by atoms with Crippen LogP contribution >= 0.6 is 11.6 Å². The molecule has 0 aliphatic heterocycles. The standard InChI is InChI=1S/C7H16ClNO2S/c1-4-9(7(2)3)12(10,11)6-5-8/h7H,4-6H2,1-3H3. The van der Waals surface area contributed by atoms with Crippen molar-refractivity contribution < 1.29 is 8.42 Å². The lowest BCUT2D eigenvalue weighted by Crippen LogP contribution is -2.38. The van der Waals surface area contributed by atoms with Crippen molar-refractivity contribution in [2.45, 2.75) is 26.8 Å². The van der Waals surface area contributed by atoms with Gasteiger partial charge in [0.05, 0.1) is 5.75 Å². The second kappa shape index (κ2) is 5.04. The Kier molecular flexibility index (Phi) is 5.13. The number of halogens is 1. The Labute approximate surface area is 79.8 Å². The molecule has 74 valence electrons. The van der Waals surface area contributed by atoms with Gasteiger partial charge in [-0.25, -0.2) is 8.42 Å². The Morgan fingerprint density at radius 1 is 1.42 bits per heavy atom. The molecule has 0 fully saturated rings. The number of nitrogens with zero attached hydrogens (tertiary/aromatic N) is 1. The fraction of sp³-hybridized carbons (Fsp3) is 1.00. The fourth-order valence-electron chi connectivity index (χ4n) is 1.10. The molecule has 0 rings (SSSR count). The van der Waals surface area contributed by atoms with E-state index in [4.69, 9.17) is 11.6 Å². The molecular weight excluding hydrogens is 198 g/mol. The highest BCUT2D eigenvalue weighted by Gasteiger charge is 2.21. The van der Waals surface area contributed by atoms with Crippen molar-refractivity contribution in [3.63, 3.8) is 0 Å². The van der Waals surface area contributed by atoms with Gasteiger partial charge in [0, 0.05) is 18.5 Å². The van der Waals surface area contributed by atoms with Crippen molar-refractivity contribution >= 4 is 21.6 Å². The lowest BCUT2D eigenvalue weighted by molar-refractivity contribution is 0.370. The molecule has 0 saturated heterocycles. The smallest absolute Gasteiger partial charge is 0.212 e. The number of rotatable bonds is 5. The molecule has 0 aromatic carbocycles. The highest BCUT2D eigenvalue weighted by Crippen LogP contribution is 2.06. The summed E-state index contributed by atoms with van der Waals surface area (Å²) in [5.41, 5.74) is 0. The molecule has 0 aliphatic rings. The van der Waals surface area contributed by atoms with Gasteiger partial charge in [-0.3, -0.25) is 0 Å². The van der Waals surface area contributed by atoms with Gasteiger partial charge in [0.1, 0.15) is 0 Å². The summed E-state index contributed by atoms with van der Waals surface area (Å²) in [6.45, 7) is 6.05. The van der Waals surface area contributed by atoms with Crippen LogP contribution in [0.5, 0.6) is 0 Å². The zero-order chi connectivity index (χ0) is 9.78. The van der Waals surface area contributed by atoms with E-state index >= 15 is 0 Å². The van der Waals surface area contributed by atoms with Crippen LogP contribution in [0.15, 0.2) is 0 Å². The zero-order valence-corrected chi connectivity index (χ0v) is 9.32. The van der Waals surface area contributed by atoms with E-state index in [9.17, 15) is 8.42 Å². The van der Waals surface area contributed by atoms with Crippen LogP contribution in [0.1, 0.15) is 20.8 Å². The Morgan fingerprint density at radius 2 is 1.92 bits per heavy atom. The third kappa shape index (κ3) is 3.29. The maximum Gasteiger partial charge on any atom is 0.215 e. The molecule has 0 spiro atoms. The summed E-state index contributed by atoms with van der Waals surface area (Å²) in [4.78, 5) is 0. The highest BCUT2D eigenvalue weighted by molar-refractivity contribution is 7.89. The molecule has 12 heavy (non-hydrogen) atoms. The van der Waals surface area contributed by atoms with E-state index in [0.29, 0.717) is 6.54 Å². The average molecular weight is 214 g/mol. The molecule has 0 aliphatic carbocycles. The normalized spacial score (nSPS) is 12.8. The van der Waals surface area contributed by atoms with E-state index in [0.717, 1.165) is 0 Å². The van der Waals surface area contributed by atoms with Gasteiger partial charge < -0.3 is 0 Å². The van der Waals surface area contributed by atoms with E-state index in [1.807, 2.05) is 20.8 Å². The van der Waals surface area contributed by atoms with Crippen molar-refractivity contribution in [2.75, 3.05) is 18.2 Å². The van der Waals surface area contributed by atoms with Crippen LogP contribution < -0.4 is 0 Å². The molecule has 0 radical (unpaired) electrons. The summed E-state index contributed by atoms with van der Waals surface area (Å²) >= 11 is 5.39. The molecule has 0 aromatic rings. The third-order valence-electron chi connectivity index (χ3n) is 1.58. The lowest BCUT2D eigenvalue weighted by atomic mass is 10.4. The van der Waals surface area contributed by atoms with Gasteiger partial charge in [0.2, 0.25) is 10.0 Å². The largest absolute Gasteiger partial charge is 0.215 e. The van der Waals surface area contributed by atoms with E-state index in [1.165, 1.54) is 4.31 Å². The van der Waals surface area contributed by atoms with Crippen molar-refractivity contribution in [1.29, 1.82) is 0 Å². The van der Waals surface area contributed by atoms with Crippen LogP contribution in [0.25, 0.3) is 0 Å². The molecule has 0 aromatic heterocycles. The molecule has 0 saturated carbocycles. The first kappa shape index (κ1) is 12.2. The number of sulfonamides is 1. The molecule has 3 nitrogen and oxygen atoms in total. The third-order valence-corrected chi connectivity index (χ3v) is 4.11. The van der Waals surface area contributed by atoms with Gasteiger partial charge in [0.25, 0.3) is 0 Å². The Morgan fingerprint density at radius 3 is 2.17 bits per heavy atom. The quantitative estimate of drug-likeness (QED) is 0.646. The van der Waals surface area contributed by atoms with E-state index in [2.05, 4.69) is 0 Å². The second-order valence-electron chi connectivity index (χ2n) is 2.80. The van der Waals surface area contributed by atoms with Gasteiger partial charge in [-0.1, -0.05) is 6.92 Å². The van der Waals surface area contributed by atoms with Crippen LogP contribution in [0.4, 0.5) is 0 Å². The number of hydrogen-bond acceptors (Lipinski definition) is 2. The summed E-state index contributed by atoms with van der Waals surface area (Å²) in [5.74, 6) is 0.187. The topological polar surface area (TPSA) is 37.4 Å². The highest BCUT2D eigenvalue weighted by atomic mass is 35.5. The molecule has 0 atom stereocenters. The SMILES string of the molecule is CCN(C(C)C)S(=O)(=O)CCCl. The first-order valence-corrected chi connectivity index (χ1v) is 6.15. The van der Waals surface area contributed by atoms with Gasteiger partial charge in [-0.15, -0.1) is 11.6 Å². The Bertz CT molecular complexity index is 213. The van der Waals surface area contributed by atoms with Crippen LogP contribution in [0, 0.1) is 0 Å². The summed E-state index contributed by atoms with van der Waals surface area (Å²) in [7, 11) is -3.12. The molecule has 0 unspecified atom stereocenters. The van der Waals surface area contributed by atoms with Crippen LogP contribution in [-0.2, 0) is 10.0 Å². The van der Waals surface area contributed by atoms with Gasteiger partial charge in [-0.2, -0.15) is 4.31 Å². The molecule has 5 heteroatoms. The lowest BCUT2D eigenvalue weighted by Gasteiger charge is -2.23. The van der Waals surface area contributed by atoms with Crippen molar-refractivity contribution in [1.82, 2.24) is 4.31 Å². The molecule has 0 heterocycles. The Hall–Kier alpha value is 0.200. The van der Waals surface area contributed by atoms with Crippen molar-refractivity contribution in [3.8, 4) is 0 Å². The summed E-state index contributed by atoms with van der Waals surface area (Å²) in [6.07, 6.45) is 0. The van der Waals surface area contributed by atoms with Crippen molar-refractivity contribution in [3.05, 3.63) is 0 Å². The van der Waals surface area contributed by atoms with Gasteiger partial charge in [0.15, 0.2) is 0 Å². The van der Waals surface area contributed by atoms with Gasteiger partial charge >= 0.3 is 0 Å². The van der Waals surface area contributed by atoms with E-state index in [-0.39, 0.29) is 17.7 Å². The first-order chi connectivity index (χ1) is 5.45. The number of alkyl halides is 1. The zero-order valence-electron chi connectivity index (χ0n) is 7.75. The minimum atomic E-state index is -3.12. The maximum atomic E-state index is 11.4. The molecular formula is C7H16ClNO2S. The predicted octanol–water partition coefficient (Wildman–Crippen LogP) is 1.29. The molecule has 0 bridgehead atoms. The monoisotopic (exact) mass is 213 g/mol. The maximum absolute atomic E-state index is 11.4. The average Bonchev–Trinajstić information content (AvgIpc) is 1.86. The van der Waals surface area contributed by atoms with Gasteiger partial charge in [-0.05, 0) is 13.8 Å². The van der Waals surface area contributed by atoms with Crippen molar-refractivity contribution in [2.24, 2.45) is 0 Å². The second-order valence-corrected chi connectivity index (χ2v) is 5.22. The number of hydrogen-bond donors (Lipinski definition) is 0. The summed E-state index contributed by atoms with van der Waals surface area (Å²) in [6, 6.07) is 0.0169. The Balaban J connectivity index is 4.49. The fourth-order valence-corrected chi connectivity index (χ4v) is 3.15. The molecule has 0 N–H and O–H groups in total. The van der Waals surface area contributed by atoms with E-state index in [1.54, 1.807) is 0 Å². The van der Waals surface area contributed by atoms with Crippen LogP contribution in [-0.4, -0.2) is 36.9 Å². The predicted molar refractivity (Wildman–Crippen MR) is 52.0 cm³/mol. The minimum Gasteiger partial charge on any atom is -0.212 e. The van der Waals surface area contributed by atoms with Crippen LogP contribution in [0.3, 0.4) is 0 Å². The van der Waals surface area contributed by atoms with E-state index < -0.39 is 10.0 Å². The molecule has 0 amide bonds. The minimum absolute atomic E-state index is 0.0169.